The van der Waals surface area contributed by atoms with Crippen LogP contribution in [0.5, 0.6) is 0 Å². The molecule has 3 aromatic heterocycles. The van der Waals surface area contributed by atoms with E-state index in [0.29, 0.717) is 5.82 Å². The Morgan fingerprint density at radius 1 is 0.885 bits per heavy atom. The van der Waals surface area contributed by atoms with E-state index in [4.69, 9.17) is 9.97 Å². The number of hydrogen-bond acceptors (Lipinski definition) is 5. The molecular weight excluding hydrogens is 340 g/mol. The molecule has 0 saturated carbocycles. The maximum absolute atomic E-state index is 4.97. The van der Waals surface area contributed by atoms with Crippen LogP contribution in [-0.2, 0) is 0 Å². The van der Waals surface area contributed by atoms with E-state index < -0.39 is 0 Å². The van der Waals surface area contributed by atoms with E-state index in [1.54, 1.807) is 17.5 Å². The highest BCUT2D eigenvalue weighted by molar-refractivity contribution is 7.17. The van der Waals surface area contributed by atoms with Crippen LogP contribution >= 0.6 is 11.3 Å². The summed E-state index contributed by atoms with van der Waals surface area (Å²) in [5.41, 5.74) is 3.26. The highest BCUT2D eigenvalue weighted by Crippen LogP contribution is 2.40. The number of aromatic nitrogens is 3. The number of thiophene rings is 1. The van der Waals surface area contributed by atoms with E-state index in [-0.39, 0.29) is 0 Å². The molecule has 5 heteroatoms. The Balaban J connectivity index is 1.75. The molecule has 0 bridgehead atoms. The van der Waals surface area contributed by atoms with Crippen molar-refractivity contribution in [3.8, 4) is 22.6 Å². The van der Waals surface area contributed by atoms with E-state index in [9.17, 15) is 0 Å². The van der Waals surface area contributed by atoms with Crippen molar-refractivity contribution in [3.63, 3.8) is 0 Å². The van der Waals surface area contributed by atoms with Crippen LogP contribution in [0.2, 0.25) is 0 Å². The molecule has 4 aromatic rings. The molecule has 1 saturated heterocycles. The quantitative estimate of drug-likeness (QED) is 0.516. The van der Waals surface area contributed by atoms with Gasteiger partial charge in [-0.25, -0.2) is 9.97 Å². The first-order chi connectivity index (χ1) is 12.9. The van der Waals surface area contributed by atoms with Crippen molar-refractivity contribution >= 4 is 27.4 Å². The lowest BCUT2D eigenvalue weighted by Gasteiger charge is -2.19. The molecule has 5 rings (SSSR count). The molecular formula is C21H18N4S. The van der Waals surface area contributed by atoms with Gasteiger partial charge in [0.25, 0.3) is 0 Å². The molecule has 1 aliphatic rings. The molecule has 0 radical (unpaired) electrons. The Kier molecular flexibility index (Phi) is 3.87. The molecule has 1 aromatic carbocycles. The maximum atomic E-state index is 4.97. The Morgan fingerprint density at radius 2 is 1.69 bits per heavy atom. The Labute approximate surface area is 156 Å². The van der Waals surface area contributed by atoms with Gasteiger partial charge >= 0.3 is 0 Å². The van der Waals surface area contributed by atoms with Crippen LogP contribution < -0.4 is 4.90 Å². The van der Waals surface area contributed by atoms with E-state index in [1.165, 1.54) is 29.4 Å². The van der Waals surface area contributed by atoms with Crippen molar-refractivity contribution in [2.24, 2.45) is 0 Å². The standard InChI is InChI=1S/C21H18N4S/c1-2-8-15(9-3-1)16-14-26-21-18(16)20(25-12-6-7-13-25)23-19(24-21)17-10-4-5-11-22-17/h1-5,8-11,14H,6-7,12-13H2. The van der Waals surface area contributed by atoms with Gasteiger partial charge in [-0.2, -0.15) is 0 Å². The molecule has 0 amide bonds. The minimum atomic E-state index is 0.710. The van der Waals surface area contributed by atoms with E-state index in [0.717, 1.165) is 29.4 Å². The second-order valence-corrected chi connectivity index (χ2v) is 7.33. The van der Waals surface area contributed by atoms with Gasteiger partial charge in [-0.05, 0) is 30.5 Å². The highest BCUT2D eigenvalue weighted by atomic mass is 32.1. The van der Waals surface area contributed by atoms with Gasteiger partial charge in [0, 0.05) is 30.2 Å². The van der Waals surface area contributed by atoms with Crippen LogP contribution in [0.3, 0.4) is 0 Å². The average molecular weight is 358 g/mol. The normalized spacial score (nSPS) is 14.2. The van der Waals surface area contributed by atoms with E-state index >= 15 is 0 Å². The van der Waals surface area contributed by atoms with Crippen LogP contribution in [0.1, 0.15) is 12.8 Å². The fourth-order valence-corrected chi connectivity index (χ4v) is 4.46. The summed E-state index contributed by atoms with van der Waals surface area (Å²) in [6.07, 6.45) is 4.23. The predicted octanol–water partition coefficient (Wildman–Crippen LogP) is 5.02. The van der Waals surface area contributed by atoms with Gasteiger partial charge in [0.05, 0.1) is 5.39 Å². The van der Waals surface area contributed by atoms with Crippen LogP contribution in [0, 0.1) is 0 Å². The van der Waals surface area contributed by atoms with E-state index in [1.807, 2.05) is 18.2 Å². The van der Waals surface area contributed by atoms with Gasteiger partial charge in [0.1, 0.15) is 16.3 Å². The first-order valence-corrected chi connectivity index (χ1v) is 9.79. The molecule has 4 heterocycles. The van der Waals surface area contributed by atoms with Crippen molar-refractivity contribution in [1.29, 1.82) is 0 Å². The molecule has 4 nitrogen and oxygen atoms in total. The summed E-state index contributed by atoms with van der Waals surface area (Å²) in [6, 6.07) is 16.4. The average Bonchev–Trinajstić information content (AvgIpc) is 3.39. The lowest BCUT2D eigenvalue weighted by Crippen LogP contribution is -2.20. The zero-order chi connectivity index (χ0) is 17.3. The van der Waals surface area contributed by atoms with Crippen LogP contribution in [0.25, 0.3) is 32.9 Å². The number of benzene rings is 1. The summed E-state index contributed by atoms with van der Waals surface area (Å²) in [5.74, 6) is 1.76. The number of rotatable bonds is 3. The molecule has 0 N–H and O–H groups in total. The zero-order valence-electron chi connectivity index (χ0n) is 14.3. The molecule has 0 unspecified atom stereocenters. The van der Waals surface area contributed by atoms with Gasteiger partial charge in [-0.3, -0.25) is 4.98 Å². The predicted molar refractivity (Wildman–Crippen MR) is 108 cm³/mol. The fraction of sp³-hybridized carbons (Fsp3) is 0.190. The monoisotopic (exact) mass is 358 g/mol. The molecule has 26 heavy (non-hydrogen) atoms. The van der Waals surface area contributed by atoms with Crippen molar-refractivity contribution in [1.82, 2.24) is 15.0 Å². The van der Waals surface area contributed by atoms with E-state index in [2.05, 4.69) is 45.6 Å². The maximum Gasteiger partial charge on any atom is 0.181 e. The van der Waals surface area contributed by atoms with Crippen molar-refractivity contribution in [2.75, 3.05) is 18.0 Å². The van der Waals surface area contributed by atoms with Crippen molar-refractivity contribution < 1.29 is 0 Å². The molecule has 1 fully saturated rings. The fourth-order valence-electron chi connectivity index (χ4n) is 3.52. The van der Waals surface area contributed by atoms with Crippen molar-refractivity contribution in [3.05, 3.63) is 60.1 Å². The van der Waals surface area contributed by atoms with Gasteiger partial charge in [-0.15, -0.1) is 11.3 Å². The molecule has 0 spiro atoms. The number of nitrogens with zero attached hydrogens (tertiary/aromatic N) is 4. The SMILES string of the molecule is c1ccc(-c2csc3nc(-c4ccccn4)nc(N4CCCC4)c23)cc1. The smallest absolute Gasteiger partial charge is 0.181 e. The molecule has 128 valence electrons. The summed E-state index contributed by atoms with van der Waals surface area (Å²) in [7, 11) is 0. The van der Waals surface area contributed by atoms with Crippen LogP contribution in [0.15, 0.2) is 60.1 Å². The third kappa shape index (κ3) is 2.65. The third-order valence-electron chi connectivity index (χ3n) is 4.80. The number of hydrogen-bond donors (Lipinski definition) is 0. The molecule has 1 aliphatic heterocycles. The first-order valence-electron chi connectivity index (χ1n) is 8.91. The summed E-state index contributed by atoms with van der Waals surface area (Å²) in [5, 5.41) is 3.37. The lowest BCUT2D eigenvalue weighted by atomic mass is 10.1. The number of fused-ring (bicyclic) bond motifs is 1. The minimum Gasteiger partial charge on any atom is -0.356 e. The van der Waals surface area contributed by atoms with Crippen LogP contribution in [0.4, 0.5) is 5.82 Å². The summed E-state index contributed by atoms with van der Waals surface area (Å²) in [4.78, 5) is 17.7. The largest absolute Gasteiger partial charge is 0.356 e. The second-order valence-electron chi connectivity index (χ2n) is 6.48. The zero-order valence-corrected chi connectivity index (χ0v) is 15.1. The van der Waals surface area contributed by atoms with Gasteiger partial charge in [0.2, 0.25) is 0 Å². The Morgan fingerprint density at radius 3 is 2.46 bits per heavy atom. The molecule has 0 aliphatic carbocycles. The van der Waals surface area contributed by atoms with Gasteiger partial charge in [-0.1, -0.05) is 36.4 Å². The lowest BCUT2D eigenvalue weighted by molar-refractivity contribution is 0.941. The summed E-state index contributed by atoms with van der Waals surface area (Å²) >= 11 is 1.69. The van der Waals surface area contributed by atoms with Gasteiger partial charge in [0.15, 0.2) is 5.82 Å². The summed E-state index contributed by atoms with van der Waals surface area (Å²) in [6.45, 7) is 2.11. The first kappa shape index (κ1) is 15.5. The number of anilines is 1. The summed E-state index contributed by atoms with van der Waals surface area (Å²) < 4.78 is 0. The van der Waals surface area contributed by atoms with Gasteiger partial charge < -0.3 is 4.90 Å². The minimum absolute atomic E-state index is 0.710. The Bertz CT molecular complexity index is 1040. The Hall–Kier alpha value is -2.79. The highest BCUT2D eigenvalue weighted by Gasteiger charge is 2.22. The number of pyridine rings is 1. The third-order valence-corrected chi connectivity index (χ3v) is 5.67. The molecule has 0 atom stereocenters. The topological polar surface area (TPSA) is 41.9 Å². The van der Waals surface area contributed by atoms with Crippen molar-refractivity contribution in [2.45, 2.75) is 12.8 Å². The van der Waals surface area contributed by atoms with Crippen LogP contribution in [-0.4, -0.2) is 28.0 Å². The second kappa shape index (κ2) is 6.50.